The number of hydrogen-bond acceptors (Lipinski definition) is 8. The molecule has 1 unspecified atom stereocenters. The minimum Gasteiger partial charge on any atom is -0.474 e. The van der Waals surface area contributed by atoms with E-state index in [4.69, 9.17) is 15.2 Å². The number of benzene rings is 1. The SMILES string of the molecule is CC(=O)NC1CCCC[C@@H]1OC(=O)Nc1cc2cc(-c3cnc4c(c3C)NCCO4)c(F)c(N)c2cn1. The number of pyridine rings is 2. The number of nitrogens with two attached hydrogens (primary N) is 1. The molecule has 194 valence electrons. The number of halogens is 1. The summed E-state index contributed by atoms with van der Waals surface area (Å²) < 4.78 is 26.6. The zero-order valence-electron chi connectivity index (χ0n) is 20.7. The van der Waals surface area contributed by atoms with Crippen LogP contribution in [0.1, 0.15) is 38.2 Å². The zero-order chi connectivity index (χ0) is 26.1. The van der Waals surface area contributed by atoms with Crippen LogP contribution in [0, 0.1) is 12.7 Å². The maximum absolute atomic E-state index is 15.4. The van der Waals surface area contributed by atoms with Gasteiger partial charge in [0.25, 0.3) is 0 Å². The highest BCUT2D eigenvalue weighted by Crippen LogP contribution is 2.39. The molecule has 11 heteroatoms. The fourth-order valence-electron chi connectivity index (χ4n) is 4.99. The number of nitrogen functional groups attached to an aromatic ring is 1. The van der Waals surface area contributed by atoms with Crippen LogP contribution in [0.25, 0.3) is 21.9 Å². The number of hydrogen-bond donors (Lipinski definition) is 4. The minimum absolute atomic E-state index is 0.0455. The van der Waals surface area contributed by atoms with Crippen LogP contribution >= 0.6 is 0 Å². The van der Waals surface area contributed by atoms with E-state index >= 15 is 4.39 Å². The van der Waals surface area contributed by atoms with Crippen LogP contribution in [0.3, 0.4) is 0 Å². The van der Waals surface area contributed by atoms with Gasteiger partial charge in [0, 0.05) is 42.4 Å². The number of carbonyl (C=O) groups is 2. The normalized spacial score (nSPS) is 18.8. The van der Waals surface area contributed by atoms with Gasteiger partial charge in [-0.3, -0.25) is 10.1 Å². The molecule has 3 heterocycles. The van der Waals surface area contributed by atoms with Crippen molar-refractivity contribution in [2.45, 2.75) is 51.7 Å². The molecule has 0 radical (unpaired) electrons. The van der Waals surface area contributed by atoms with Gasteiger partial charge in [-0.15, -0.1) is 0 Å². The lowest BCUT2D eigenvalue weighted by molar-refractivity contribution is -0.120. The highest BCUT2D eigenvalue weighted by atomic mass is 19.1. The van der Waals surface area contributed by atoms with E-state index in [1.165, 1.54) is 13.1 Å². The Kier molecular flexibility index (Phi) is 6.68. The Balaban J connectivity index is 1.41. The van der Waals surface area contributed by atoms with Gasteiger partial charge in [0.2, 0.25) is 11.8 Å². The molecular formula is C26H29FN6O4. The van der Waals surface area contributed by atoms with Gasteiger partial charge in [-0.25, -0.2) is 19.2 Å². The Morgan fingerprint density at radius 2 is 2.00 bits per heavy atom. The minimum atomic E-state index is -0.676. The lowest BCUT2D eigenvalue weighted by Crippen LogP contribution is -2.46. The smallest absolute Gasteiger partial charge is 0.413 e. The van der Waals surface area contributed by atoms with Crippen molar-refractivity contribution in [1.29, 1.82) is 0 Å². The molecule has 37 heavy (non-hydrogen) atoms. The van der Waals surface area contributed by atoms with Crippen molar-refractivity contribution >= 4 is 40.0 Å². The van der Waals surface area contributed by atoms with E-state index in [0.29, 0.717) is 41.8 Å². The number of nitrogens with zero attached hydrogens (tertiary/aromatic N) is 2. The Morgan fingerprint density at radius 1 is 1.19 bits per heavy atom. The first-order valence-electron chi connectivity index (χ1n) is 12.3. The van der Waals surface area contributed by atoms with Crippen LogP contribution in [0.2, 0.25) is 0 Å². The molecule has 2 atom stereocenters. The molecule has 2 amide bonds. The van der Waals surface area contributed by atoms with Crippen LogP contribution in [0.5, 0.6) is 5.88 Å². The summed E-state index contributed by atoms with van der Waals surface area (Å²) in [6.07, 6.45) is 5.17. The number of amides is 2. The second-order valence-electron chi connectivity index (χ2n) is 9.35. The van der Waals surface area contributed by atoms with Gasteiger partial charge in [-0.05, 0) is 49.3 Å². The molecule has 3 aromatic rings. The summed E-state index contributed by atoms with van der Waals surface area (Å²) >= 11 is 0. The molecule has 0 bridgehead atoms. The van der Waals surface area contributed by atoms with Crippen LogP contribution < -0.4 is 26.4 Å². The number of aromatic nitrogens is 2. The molecule has 0 saturated heterocycles. The first-order valence-corrected chi connectivity index (χ1v) is 12.3. The quantitative estimate of drug-likeness (QED) is 0.386. The molecule has 2 aliphatic rings. The maximum Gasteiger partial charge on any atom is 0.413 e. The van der Waals surface area contributed by atoms with E-state index in [0.717, 1.165) is 30.5 Å². The lowest BCUT2D eigenvalue weighted by Gasteiger charge is -2.31. The number of nitrogens with one attached hydrogen (secondary N) is 3. The molecule has 1 saturated carbocycles. The summed E-state index contributed by atoms with van der Waals surface area (Å²) in [4.78, 5) is 32.7. The second-order valence-corrected chi connectivity index (χ2v) is 9.35. The summed E-state index contributed by atoms with van der Waals surface area (Å²) in [7, 11) is 0. The molecule has 1 fully saturated rings. The number of rotatable bonds is 4. The Bertz CT molecular complexity index is 1380. The van der Waals surface area contributed by atoms with Crippen molar-refractivity contribution in [3.63, 3.8) is 0 Å². The summed E-state index contributed by atoms with van der Waals surface area (Å²) in [5, 5.41) is 9.76. The van der Waals surface area contributed by atoms with Crippen molar-refractivity contribution in [1.82, 2.24) is 15.3 Å². The lowest BCUT2D eigenvalue weighted by atomic mass is 9.92. The molecule has 1 aromatic carbocycles. The van der Waals surface area contributed by atoms with E-state index in [2.05, 4.69) is 25.9 Å². The van der Waals surface area contributed by atoms with Crippen molar-refractivity contribution in [2.24, 2.45) is 0 Å². The maximum atomic E-state index is 15.4. The van der Waals surface area contributed by atoms with E-state index in [1.807, 2.05) is 6.92 Å². The van der Waals surface area contributed by atoms with Crippen molar-refractivity contribution in [2.75, 3.05) is 29.5 Å². The Hall–Kier alpha value is -4.15. The number of fused-ring (bicyclic) bond motifs is 2. The molecule has 2 aromatic heterocycles. The fraction of sp³-hybridized carbons (Fsp3) is 0.385. The van der Waals surface area contributed by atoms with Gasteiger partial charge >= 0.3 is 6.09 Å². The third-order valence-corrected chi connectivity index (χ3v) is 6.82. The average Bonchev–Trinajstić information content (AvgIpc) is 2.87. The molecule has 5 N–H and O–H groups in total. The number of carbonyl (C=O) groups excluding carboxylic acids is 2. The Labute approximate surface area is 213 Å². The van der Waals surface area contributed by atoms with Gasteiger partial charge in [-0.1, -0.05) is 6.42 Å². The summed E-state index contributed by atoms with van der Waals surface area (Å²) in [6.45, 7) is 4.45. The largest absolute Gasteiger partial charge is 0.474 e. The standard InChI is InChI=1S/C26H29FN6O4/c1-13-17(11-31-25-24(13)29-7-8-36-25)16-9-15-10-21(30-12-18(15)23(28)22(16)27)33-26(35)37-20-6-4-3-5-19(20)32-14(2)34/h9-12,19-20,29H,3-8,28H2,1-2H3,(H,32,34)(H,30,33,35)/t19?,20-/m0/s1. The van der Waals surface area contributed by atoms with Crippen molar-refractivity contribution in [3.8, 4) is 17.0 Å². The summed E-state index contributed by atoms with van der Waals surface area (Å²) in [6, 6.07) is 3.05. The third kappa shape index (κ3) is 4.93. The molecule has 10 nitrogen and oxygen atoms in total. The highest BCUT2D eigenvalue weighted by molar-refractivity contribution is 5.99. The van der Waals surface area contributed by atoms with Gasteiger partial charge in [0.05, 0.1) is 11.7 Å². The molecule has 5 rings (SSSR count). The number of anilines is 3. The van der Waals surface area contributed by atoms with Crippen LogP contribution in [0.15, 0.2) is 24.5 Å². The monoisotopic (exact) mass is 508 g/mol. The van der Waals surface area contributed by atoms with E-state index < -0.39 is 18.0 Å². The van der Waals surface area contributed by atoms with E-state index in [9.17, 15) is 9.59 Å². The molecule has 1 aliphatic carbocycles. The third-order valence-electron chi connectivity index (χ3n) is 6.82. The first kappa shape index (κ1) is 24.5. The molecular weight excluding hydrogens is 479 g/mol. The van der Waals surface area contributed by atoms with Crippen LogP contribution in [-0.4, -0.2) is 47.3 Å². The van der Waals surface area contributed by atoms with Gasteiger partial charge in [0.1, 0.15) is 24.2 Å². The number of ether oxygens (including phenoxy) is 2. The highest BCUT2D eigenvalue weighted by Gasteiger charge is 2.29. The van der Waals surface area contributed by atoms with Gasteiger partial charge in [-0.2, -0.15) is 0 Å². The van der Waals surface area contributed by atoms with E-state index in [1.54, 1.807) is 18.3 Å². The summed E-state index contributed by atoms with van der Waals surface area (Å²) in [5.41, 5.74) is 8.48. The fourth-order valence-corrected chi connectivity index (χ4v) is 4.99. The summed E-state index contributed by atoms with van der Waals surface area (Å²) in [5.74, 6) is -0.0195. The van der Waals surface area contributed by atoms with Gasteiger partial charge < -0.3 is 25.8 Å². The Morgan fingerprint density at radius 3 is 2.81 bits per heavy atom. The zero-order valence-corrected chi connectivity index (χ0v) is 20.7. The van der Waals surface area contributed by atoms with Crippen molar-refractivity contribution in [3.05, 3.63) is 35.9 Å². The topological polar surface area (TPSA) is 140 Å². The average molecular weight is 509 g/mol. The predicted molar refractivity (Wildman–Crippen MR) is 138 cm³/mol. The molecule has 0 spiro atoms. The molecule has 1 aliphatic heterocycles. The van der Waals surface area contributed by atoms with Crippen LogP contribution in [0.4, 0.5) is 26.4 Å². The van der Waals surface area contributed by atoms with Crippen LogP contribution in [-0.2, 0) is 9.53 Å². The second kappa shape index (κ2) is 10.1. The van der Waals surface area contributed by atoms with Crippen molar-refractivity contribution < 1.29 is 23.5 Å². The van der Waals surface area contributed by atoms with Gasteiger partial charge in [0.15, 0.2) is 5.82 Å². The predicted octanol–water partition coefficient (Wildman–Crippen LogP) is 4.13. The first-order chi connectivity index (χ1) is 17.8. The van der Waals surface area contributed by atoms with E-state index in [-0.39, 0.29) is 29.0 Å².